The molecule has 1 rings (SSSR count). The van der Waals surface area contributed by atoms with E-state index in [9.17, 15) is 13.2 Å². The van der Waals surface area contributed by atoms with Crippen LogP contribution >= 0.6 is 0 Å². The minimum atomic E-state index is -4.11. The van der Waals surface area contributed by atoms with Crippen molar-refractivity contribution in [3.63, 3.8) is 0 Å². The number of pyridine rings is 1. The Hall–Kier alpha value is -1.06. The van der Waals surface area contributed by atoms with Gasteiger partial charge in [0, 0.05) is 18.3 Å². The van der Waals surface area contributed by atoms with Gasteiger partial charge in [-0.3, -0.25) is 4.98 Å². The monoisotopic (exact) mass is 245 g/mol. The molecule has 0 saturated carbocycles. The van der Waals surface area contributed by atoms with Crippen molar-refractivity contribution in [1.82, 2.24) is 4.98 Å². The summed E-state index contributed by atoms with van der Waals surface area (Å²) in [4.78, 5) is 4.07. The maximum atomic E-state index is 12.0. The maximum Gasteiger partial charge on any atom is 0.389 e. The zero-order chi connectivity index (χ0) is 13.1. The molecule has 0 amide bonds. The van der Waals surface area contributed by atoms with Crippen molar-refractivity contribution >= 4 is 0 Å². The number of rotatable bonds is 3. The lowest BCUT2D eigenvalue weighted by atomic mass is 9.89. The summed E-state index contributed by atoms with van der Waals surface area (Å²) in [7, 11) is 0. The van der Waals surface area contributed by atoms with Crippen molar-refractivity contribution in [3.8, 4) is 0 Å². The zero-order valence-electron chi connectivity index (χ0n) is 10.4. The average molecular weight is 245 g/mol. The first-order valence-corrected chi connectivity index (χ1v) is 5.66. The standard InChI is InChI=1S/C13H18F3N/c1-12(2,3)8-10-4-5-11(17-9-10)6-7-13(14,15)16/h4-5,9H,6-8H2,1-3H3. The van der Waals surface area contributed by atoms with Crippen LogP contribution in [0.1, 0.15) is 38.4 Å². The lowest BCUT2D eigenvalue weighted by Gasteiger charge is -2.17. The van der Waals surface area contributed by atoms with Gasteiger partial charge in [0.15, 0.2) is 0 Å². The van der Waals surface area contributed by atoms with Crippen LogP contribution in [0, 0.1) is 5.41 Å². The predicted molar refractivity (Wildman–Crippen MR) is 61.8 cm³/mol. The van der Waals surface area contributed by atoms with Gasteiger partial charge < -0.3 is 0 Å². The molecule has 0 unspecified atom stereocenters. The molecule has 0 aliphatic carbocycles. The van der Waals surface area contributed by atoms with Crippen molar-refractivity contribution in [2.24, 2.45) is 5.41 Å². The van der Waals surface area contributed by atoms with E-state index >= 15 is 0 Å². The zero-order valence-corrected chi connectivity index (χ0v) is 10.4. The van der Waals surface area contributed by atoms with Crippen LogP contribution in [0.2, 0.25) is 0 Å². The van der Waals surface area contributed by atoms with Gasteiger partial charge >= 0.3 is 6.18 Å². The summed E-state index contributed by atoms with van der Waals surface area (Å²) in [6.07, 6.45) is -2.40. The van der Waals surface area contributed by atoms with E-state index in [1.54, 1.807) is 12.3 Å². The number of alkyl halides is 3. The van der Waals surface area contributed by atoms with Crippen molar-refractivity contribution in [2.45, 2.75) is 46.2 Å². The van der Waals surface area contributed by atoms with E-state index in [2.05, 4.69) is 25.8 Å². The van der Waals surface area contributed by atoms with Gasteiger partial charge in [-0.1, -0.05) is 26.8 Å². The van der Waals surface area contributed by atoms with Crippen LogP contribution in [0.3, 0.4) is 0 Å². The SMILES string of the molecule is CC(C)(C)Cc1ccc(CCC(F)(F)F)nc1. The molecule has 0 saturated heterocycles. The fourth-order valence-corrected chi connectivity index (χ4v) is 1.59. The highest BCUT2D eigenvalue weighted by Gasteiger charge is 2.26. The Morgan fingerprint density at radius 3 is 2.18 bits per heavy atom. The highest BCUT2D eigenvalue weighted by molar-refractivity contribution is 5.15. The van der Waals surface area contributed by atoms with Crippen LogP contribution in [0.25, 0.3) is 0 Å². The molecule has 1 aromatic rings. The highest BCUT2D eigenvalue weighted by Crippen LogP contribution is 2.23. The predicted octanol–water partition coefficient (Wildman–Crippen LogP) is 4.17. The van der Waals surface area contributed by atoms with Gasteiger partial charge in [-0.2, -0.15) is 13.2 Å². The Morgan fingerprint density at radius 2 is 1.76 bits per heavy atom. The second kappa shape index (κ2) is 5.07. The summed E-state index contributed by atoms with van der Waals surface area (Å²) in [6.45, 7) is 6.35. The van der Waals surface area contributed by atoms with Gasteiger partial charge in [0.1, 0.15) is 0 Å². The van der Waals surface area contributed by atoms with Gasteiger partial charge in [-0.15, -0.1) is 0 Å². The molecule has 0 aliphatic rings. The Morgan fingerprint density at radius 1 is 1.12 bits per heavy atom. The summed E-state index contributed by atoms with van der Waals surface area (Å²) in [5.74, 6) is 0. The van der Waals surface area contributed by atoms with E-state index in [0.717, 1.165) is 12.0 Å². The van der Waals surface area contributed by atoms with Gasteiger partial charge in [0.25, 0.3) is 0 Å². The molecule has 4 heteroatoms. The molecule has 0 radical (unpaired) electrons. The molecule has 0 aromatic carbocycles. The highest BCUT2D eigenvalue weighted by atomic mass is 19.4. The number of aryl methyl sites for hydroxylation is 1. The Balaban J connectivity index is 2.56. The molecule has 0 bridgehead atoms. The molecule has 96 valence electrons. The fourth-order valence-electron chi connectivity index (χ4n) is 1.59. The third-order valence-corrected chi connectivity index (χ3v) is 2.29. The molecule has 0 atom stereocenters. The smallest absolute Gasteiger partial charge is 0.261 e. The molecule has 1 heterocycles. The van der Waals surface area contributed by atoms with Crippen LogP contribution in [0.15, 0.2) is 18.3 Å². The van der Waals surface area contributed by atoms with Crippen molar-refractivity contribution < 1.29 is 13.2 Å². The molecule has 1 aromatic heterocycles. The Bertz CT molecular complexity index is 346. The number of aromatic nitrogens is 1. The maximum absolute atomic E-state index is 12.0. The quantitative estimate of drug-likeness (QED) is 0.779. The molecule has 0 spiro atoms. The second-order valence-corrected chi connectivity index (χ2v) is 5.51. The van der Waals surface area contributed by atoms with E-state index in [4.69, 9.17) is 0 Å². The largest absolute Gasteiger partial charge is 0.389 e. The fraction of sp³-hybridized carbons (Fsp3) is 0.615. The van der Waals surface area contributed by atoms with Gasteiger partial charge in [-0.25, -0.2) is 0 Å². The number of nitrogens with zero attached hydrogens (tertiary/aromatic N) is 1. The van der Waals surface area contributed by atoms with Gasteiger partial charge in [-0.05, 0) is 29.9 Å². The van der Waals surface area contributed by atoms with Gasteiger partial charge in [0.2, 0.25) is 0 Å². The van der Waals surface area contributed by atoms with E-state index in [1.165, 1.54) is 0 Å². The van der Waals surface area contributed by atoms with Crippen molar-refractivity contribution in [1.29, 1.82) is 0 Å². The summed E-state index contributed by atoms with van der Waals surface area (Å²) in [5.41, 5.74) is 1.73. The number of hydrogen-bond acceptors (Lipinski definition) is 1. The molecule has 17 heavy (non-hydrogen) atoms. The Labute approximate surface area is 100 Å². The first-order valence-electron chi connectivity index (χ1n) is 5.66. The molecule has 0 aliphatic heterocycles. The summed E-state index contributed by atoms with van der Waals surface area (Å²) in [5, 5.41) is 0. The van der Waals surface area contributed by atoms with E-state index in [0.29, 0.717) is 5.69 Å². The minimum Gasteiger partial charge on any atom is -0.261 e. The molecular weight excluding hydrogens is 227 g/mol. The summed E-state index contributed by atoms with van der Waals surface area (Å²) < 4.78 is 36.0. The lowest BCUT2D eigenvalue weighted by molar-refractivity contribution is -0.134. The minimum absolute atomic E-state index is 0.0424. The van der Waals surface area contributed by atoms with E-state index in [1.807, 2.05) is 6.07 Å². The normalized spacial score (nSPS) is 12.8. The van der Waals surface area contributed by atoms with Gasteiger partial charge in [0.05, 0.1) is 0 Å². The molecule has 0 fully saturated rings. The van der Waals surface area contributed by atoms with Crippen LogP contribution in [0.4, 0.5) is 13.2 Å². The van der Waals surface area contributed by atoms with Crippen molar-refractivity contribution in [2.75, 3.05) is 0 Å². The average Bonchev–Trinajstić information content (AvgIpc) is 2.13. The van der Waals surface area contributed by atoms with Crippen LogP contribution < -0.4 is 0 Å². The molecule has 0 N–H and O–H groups in total. The van der Waals surface area contributed by atoms with Crippen LogP contribution in [-0.4, -0.2) is 11.2 Å². The topological polar surface area (TPSA) is 12.9 Å². The molecular formula is C13H18F3N. The first-order chi connectivity index (χ1) is 7.66. The Kier molecular flexibility index (Phi) is 4.17. The van der Waals surface area contributed by atoms with E-state index < -0.39 is 12.6 Å². The summed E-state index contributed by atoms with van der Waals surface area (Å²) in [6, 6.07) is 3.55. The van der Waals surface area contributed by atoms with E-state index in [-0.39, 0.29) is 11.8 Å². The summed E-state index contributed by atoms with van der Waals surface area (Å²) >= 11 is 0. The van der Waals surface area contributed by atoms with Crippen LogP contribution in [-0.2, 0) is 12.8 Å². The number of hydrogen-bond donors (Lipinski definition) is 0. The molecule has 1 nitrogen and oxygen atoms in total. The van der Waals surface area contributed by atoms with Crippen LogP contribution in [0.5, 0.6) is 0 Å². The third-order valence-electron chi connectivity index (χ3n) is 2.29. The second-order valence-electron chi connectivity index (χ2n) is 5.51. The van der Waals surface area contributed by atoms with Crippen molar-refractivity contribution in [3.05, 3.63) is 29.6 Å². The third kappa shape index (κ3) is 6.29. The number of halogens is 3. The first kappa shape index (κ1) is 14.0. The lowest BCUT2D eigenvalue weighted by Crippen LogP contribution is -2.11.